The van der Waals surface area contributed by atoms with Crippen LogP contribution in [0, 0.1) is 6.92 Å². The Kier molecular flexibility index (Phi) is 6.39. The van der Waals surface area contributed by atoms with Crippen molar-refractivity contribution < 1.29 is 23.8 Å². The average Bonchev–Trinajstić information content (AvgIpc) is 3.04. The molecule has 0 spiro atoms. The minimum atomic E-state index is -0.553. The van der Waals surface area contributed by atoms with Crippen molar-refractivity contribution in [2.24, 2.45) is 0 Å². The fourth-order valence-electron chi connectivity index (χ4n) is 3.07. The van der Waals surface area contributed by atoms with Crippen molar-refractivity contribution in [2.75, 3.05) is 25.1 Å². The Balaban J connectivity index is 1.68. The fourth-order valence-corrected chi connectivity index (χ4v) is 3.07. The van der Waals surface area contributed by atoms with Crippen LogP contribution in [0.4, 0.5) is 5.69 Å². The molecule has 0 unspecified atom stereocenters. The zero-order valence-electron chi connectivity index (χ0n) is 16.7. The molecule has 3 rings (SSSR count). The van der Waals surface area contributed by atoms with E-state index in [0.717, 1.165) is 10.9 Å². The van der Waals surface area contributed by atoms with E-state index in [1.165, 1.54) is 0 Å². The zero-order valence-corrected chi connectivity index (χ0v) is 16.7. The van der Waals surface area contributed by atoms with Crippen molar-refractivity contribution in [1.82, 2.24) is 4.98 Å². The van der Waals surface area contributed by atoms with Crippen molar-refractivity contribution >= 4 is 28.5 Å². The number of esters is 1. The average molecular weight is 396 g/mol. The Labute approximate surface area is 169 Å². The van der Waals surface area contributed by atoms with E-state index in [2.05, 4.69) is 10.3 Å². The van der Waals surface area contributed by atoms with Crippen LogP contribution < -0.4 is 14.8 Å². The van der Waals surface area contributed by atoms with Gasteiger partial charge in [-0.05, 0) is 39.0 Å². The molecule has 0 fully saturated rings. The molecule has 0 aliphatic rings. The van der Waals surface area contributed by atoms with E-state index in [1.54, 1.807) is 25.1 Å². The lowest BCUT2D eigenvalue weighted by Gasteiger charge is -2.13. The quantitative estimate of drug-likeness (QED) is 0.560. The molecule has 1 heterocycles. The molecule has 7 nitrogen and oxygen atoms in total. The first-order valence-electron chi connectivity index (χ1n) is 9.47. The predicted molar refractivity (Wildman–Crippen MR) is 111 cm³/mol. The van der Waals surface area contributed by atoms with Crippen LogP contribution in [0.25, 0.3) is 10.9 Å². The van der Waals surface area contributed by atoms with Crippen molar-refractivity contribution in [2.45, 2.75) is 20.8 Å². The highest BCUT2D eigenvalue weighted by atomic mass is 16.5. The number of carbonyl (C=O) groups excluding carboxylic acids is 2. The Morgan fingerprint density at radius 2 is 1.79 bits per heavy atom. The number of para-hydroxylation sites is 1. The van der Waals surface area contributed by atoms with Gasteiger partial charge in [0, 0.05) is 22.7 Å². The molecule has 0 aliphatic heterocycles. The lowest BCUT2D eigenvalue weighted by atomic mass is 10.1. The molecule has 1 amide bonds. The third-order valence-electron chi connectivity index (χ3n) is 4.27. The Morgan fingerprint density at radius 3 is 2.55 bits per heavy atom. The number of carbonyl (C=O) groups is 2. The molecular weight excluding hydrogens is 372 g/mol. The lowest BCUT2D eigenvalue weighted by Crippen LogP contribution is -2.21. The Morgan fingerprint density at radius 1 is 1.03 bits per heavy atom. The number of hydrogen-bond donors (Lipinski definition) is 2. The SMILES string of the molecule is CCOc1ccc(OCC)c(NC(=O)COC(=O)c2c(C)[nH]c3ccccc23)c1. The van der Waals surface area contributed by atoms with E-state index in [9.17, 15) is 9.59 Å². The van der Waals surface area contributed by atoms with Gasteiger partial charge in [0.1, 0.15) is 11.5 Å². The molecular formula is C22H24N2O5. The summed E-state index contributed by atoms with van der Waals surface area (Å²) in [7, 11) is 0. The Bertz CT molecular complexity index is 1030. The maximum atomic E-state index is 12.5. The van der Waals surface area contributed by atoms with Crippen molar-refractivity contribution in [3.8, 4) is 11.5 Å². The van der Waals surface area contributed by atoms with E-state index in [4.69, 9.17) is 14.2 Å². The first-order chi connectivity index (χ1) is 14.0. The molecule has 0 radical (unpaired) electrons. The van der Waals surface area contributed by atoms with E-state index < -0.39 is 18.5 Å². The Hall–Kier alpha value is -3.48. The second-order valence-corrected chi connectivity index (χ2v) is 6.32. The number of rotatable bonds is 8. The van der Waals surface area contributed by atoms with Gasteiger partial charge in [0.05, 0.1) is 24.5 Å². The maximum Gasteiger partial charge on any atom is 0.341 e. The number of hydrogen-bond acceptors (Lipinski definition) is 5. The van der Waals surface area contributed by atoms with Gasteiger partial charge in [-0.25, -0.2) is 4.79 Å². The number of anilines is 1. The molecule has 0 saturated carbocycles. The highest BCUT2D eigenvalue weighted by Crippen LogP contribution is 2.29. The smallest absolute Gasteiger partial charge is 0.341 e. The van der Waals surface area contributed by atoms with Crippen LogP contribution >= 0.6 is 0 Å². The highest BCUT2D eigenvalue weighted by molar-refractivity contribution is 6.06. The second-order valence-electron chi connectivity index (χ2n) is 6.32. The monoisotopic (exact) mass is 396 g/mol. The number of aromatic amines is 1. The van der Waals surface area contributed by atoms with Crippen LogP contribution in [0.3, 0.4) is 0 Å². The number of aryl methyl sites for hydroxylation is 1. The van der Waals surface area contributed by atoms with E-state index >= 15 is 0 Å². The number of aromatic nitrogens is 1. The molecule has 0 bridgehead atoms. The van der Waals surface area contributed by atoms with Gasteiger partial charge < -0.3 is 24.5 Å². The molecule has 2 N–H and O–H groups in total. The topological polar surface area (TPSA) is 89.7 Å². The summed E-state index contributed by atoms with van der Waals surface area (Å²) in [6, 6.07) is 12.6. The van der Waals surface area contributed by atoms with Crippen molar-refractivity contribution in [3.63, 3.8) is 0 Å². The molecule has 0 atom stereocenters. The molecule has 0 aliphatic carbocycles. The van der Waals surface area contributed by atoms with Gasteiger partial charge in [-0.3, -0.25) is 4.79 Å². The first kappa shape index (κ1) is 20.3. The van der Waals surface area contributed by atoms with Gasteiger partial charge in [-0.1, -0.05) is 18.2 Å². The number of amides is 1. The van der Waals surface area contributed by atoms with Gasteiger partial charge in [-0.15, -0.1) is 0 Å². The molecule has 0 saturated heterocycles. The fraction of sp³-hybridized carbons (Fsp3) is 0.273. The highest BCUT2D eigenvalue weighted by Gasteiger charge is 2.19. The van der Waals surface area contributed by atoms with E-state index in [-0.39, 0.29) is 0 Å². The summed E-state index contributed by atoms with van der Waals surface area (Å²) in [5.41, 5.74) is 2.43. The normalized spacial score (nSPS) is 10.6. The number of fused-ring (bicyclic) bond motifs is 1. The third-order valence-corrected chi connectivity index (χ3v) is 4.27. The van der Waals surface area contributed by atoms with Crippen molar-refractivity contribution in [1.29, 1.82) is 0 Å². The number of ether oxygens (including phenoxy) is 3. The lowest BCUT2D eigenvalue weighted by molar-refractivity contribution is -0.119. The standard InChI is InChI=1S/C22H24N2O5/c1-4-27-15-10-11-19(28-5-2)18(12-15)24-20(25)13-29-22(26)21-14(3)23-17-9-7-6-8-16(17)21/h6-12,23H,4-5,13H2,1-3H3,(H,24,25). The number of benzene rings is 2. The zero-order chi connectivity index (χ0) is 20.8. The van der Waals surface area contributed by atoms with Crippen LogP contribution in [0.15, 0.2) is 42.5 Å². The van der Waals surface area contributed by atoms with Crippen LogP contribution in [0.2, 0.25) is 0 Å². The largest absolute Gasteiger partial charge is 0.494 e. The second kappa shape index (κ2) is 9.14. The van der Waals surface area contributed by atoms with Crippen LogP contribution in [-0.2, 0) is 9.53 Å². The molecule has 3 aromatic rings. The van der Waals surface area contributed by atoms with Gasteiger partial charge in [0.15, 0.2) is 6.61 Å². The first-order valence-corrected chi connectivity index (χ1v) is 9.47. The summed E-state index contributed by atoms with van der Waals surface area (Å²) in [4.78, 5) is 28.1. The molecule has 1 aromatic heterocycles. The van der Waals surface area contributed by atoms with E-state index in [0.29, 0.717) is 41.7 Å². The number of nitrogens with one attached hydrogen (secondary N) is 2. The van der Waals surface area contributed by atoms with Gasteiger partial charge in [-0.2, -0.15) is 0 Å². The summed E-state index contributed by atoms with van der Waals surface area (Å²) >= 11 is 0. The van der Waals surface area contributed by atoms with E-state index in [1.807, 2.05) is 38.1 Å². The maximum absolute atomic E-state index is 12.5. The molecule has 2 aromatic carbocycles. The summed E-state index contributed by atoms with van der Waals surface area (Å²) in [6.45, 7) is 6.06. The van der Waals surface area contributed by atoms with Crippen molar-refractivity contribution in [3.05, 3.63) is 53.7 Å². The van der Waals surface area contributed by atoms with Gasteiger partial charge in [0.25, 0.3) is 5.91 Å². The minimum absolute atomic E-state index is 0.414. The summed E-state index contributed by atoms with van der Waals surface area (Å²) in [6.07, 6.45) is 0. The summed E-state index contributed by atoms with van der Waals surface area (Å²) in [5, 5.41) is 3.48. The predicted octanol–water partition coefficient (Wildman–Crippen LogP) is 4.07. The van der Waals surface area contributed by atoms with Gasteiger partial charge in [0.2, 0.25) is 0 Å². The van der Waals surface area contributed by atoms with Crippen LogP contribution in [0.5, 0.6) is 11.5 Å². The van der Waals surface area contributed by atoms with Gasteiger partial charge >= 0.3 is 5.97 Å². The molecule has 152 valence electrons. The summed E-state index contributed by atoms with van der Waals surface area (Å²) < 4.78 is 16.2. The summed E-state index contributed by atoms with van der Waals surface area (Å²) in [5.74, 6) is 0.106. The van der Waals surface area contributed by atoms with Crippen LogP contribution in [0.1, 0.15) is 29.9 Å². The van der Waals surface area contributed by atoms with Crippen LogP contribution in [-0.4, -0.2) is 36.7 Å². The minimum Gasteiger partial charge on any atom is -0.494 e. The third kappa shape index (κ3) is 4.68. The molecule has 7 heteroatoms. The molecule has 29 heavy (non-hydrogen) atoms. The number of H-pyrrole nitrogens is 1.